The first-order chi connectivity index (χ1) is 7.80. The van der Waals surface area contributed by atoms with Crippen molar-refractivity contribution in [3.8, 4) is 0 Å². The number of carbonyl (C=O) groups is 2. The zero-order chi connectivity index (χ0) is 13.1. The molecule has 3 N–H and O–H groups in total. The minimum absolute atomic E-state index is 0.0316. The van der Waals surface area contributed by atoms with Crippen LogP contribution < -0.4 is 5.73 Å². The molecule has 7 nitrogen and oxygen atoms in total. The Morgan fingerprint density at radius 1 is 1.41 bits per heavy atom. The molecule has 0 aliphatic carbocycles. The number of carboxylic acids is 1. The zero-order valence-corrected chi connectivity index (χ0v) is 10.1. The second-order valence-corrected chi connectivity index (χ2v) is 6.37. The van der Waals surface area contributed by atoms with E-state index in [1.54, 1.807) is 0 Å². The lowest BCUT2D eigenvalue weighted by atomic mass is 10.2. The highest BCUT2D eigenvalue weighted by molar-refractivity contribution is 7.91. The van der Waals surface area contributed by atoms with Gasteiger partial charge in [-0.15, -0.1) is 0 Å². The summed E-state index contributed by atoms with van der Waals surface area (Å²) < 4.78 is 22.6. The largest absolute Gasteiger partial charge is 0.480 e. The molecule has 0 aromatic heterocycles. The number of sulfone groups is 1. The lowest BCUT2D eigenvalue weighted by Crippen LogP contribution is -2.41. The quantitative estimate of drug-likeness (QED) is 0.598. The molecule has 0 saturated carbocycles. The molecule has 0 aromatic carbocycles. The highest BCUT2D eigenvalue weighted by Crippen LogP contribution is 2.17. The monoisotopic (exact) mass is 264 g/mol. The maximum Gasteiger partial charge on any atom is 0.317 e. The Balaban J connectivity index is 2.63. The molecule has 8 heteroatoms. The molecule has 0 bridgehead atoms. The van der Waals surface area contributed by atoms with Gasteiger partial charge in [0.1, 0.15) is 0 Å². The predicted molar refractivity (Wildman–Crippen MR) is 60.1 cm³/mol. The van der Waals surface area contributed by atoms with Crippen molar-refractivity contribution in [1.29, 1.82) is 0 Å². The van der Waals surface area contributed by atoms with Gasteiger partial charge < -0.3 is 10.8 Å². The Bertz CT molecular complexity index is 406. The standard InChI is InChI=1S/C9H16N2O5S/c10-8(12)1-3-11(5-9(13)14)7-2-4-17(15,16)6-7/h7H,1-6H2,(H2,10,12)(H,13,14). The zero-order valence-electron chi connectivity index (χ0n) is 9.33. The van der Waals surface area contributed by atoms with Crippen LogP contribution in [0.3, 0.4) is 0 Å². The lowest BCUT2D eigenvalue weighted by molar-refractivity contribution is -0.139. The van der Waals surface area contributed by atoms with E-state index in [-0.39, 0.29) is 37.1 Å². The normalized spacial score (nSPS) is 22.8. The van der Waals surface area contributed by atoms with Crippen LogP contribution in [0.4, 0.5) is 0 Å². The molecule has 1 saturated heterocycles. The Morgan fingerprint density at radius 3 is 2.47 bits per heavy atom. The van der Waals surface area contributed by atoms with Gasteiger partial charge in [0.25, 0.3) is 0 Å². The summed E-state index contributed by atoms with van der Waals surface area (Å²) in [4.78, 5) is 22.8. The summed E-state index contributed by atoms with van der Waals surface area (Å²) in [7, 11) is -3.07. The van der Waals surface area contributed by atoms with Crippen molar-refractivity contribution in [2.45, 2.75) is 18.9 Å². The van der Waals surface area contributed by atoms with E-state index in [9.17, 15) is 18.0 Å². The van der Waals surface area contributed by atoms with Gasteiger partial charge in [-0.2, -0.15) is 0 Å². The van der Waals surface area contributed by atoms with Crippen LogP contribution in [0.15, 0.2) is 0 Å². The van der Waals surface area contributed by atoms with Crippen molar-refractivity contribution in [2.24, 2.45) is 5.73 Å². The number of nitrogens with two attached hydrogens (primary N) is 1. The third kappa shape index (κ3) is 4.70. The van der Waals surface area contributed by atoms with Gasteiger partial charge in [0.2, 0.25) is 5.91 Å². The summed E-state index contributed by atoms with van der Waals surface area (Å²) in [6, 6.07) is -0.324. The summed E-state index contributed by atoms with van der Waals surface area (Å²) in [5, 5.41) is 8.73. The SMILES string of the molecule is NC(=O)CCN(CC(=O)O)C1CCS(=O)(=O)C1. The van der Waals surface area contributed by atoms with Crippen LogP contribution in [0.2, 0.25) is 0 Å². The first kappa shape index (κ1) is 13.9. The average molecular weight is 264 g/mol. The molecule has 1 atom stereocenters. The topological polar surface area (TPSA) is 118 Å². The van der Waals surface area contributed by atoms with E-state index >= 15 is 0 Å². The van der Waals surface area contributed by atoms with Crippen molar-refractivity contribution < 1.29 is 23.1 Å². The fourth-order valence-corrected chi connectivity index (χ4v) is 3.64. The van der Waals surface area contributed by atoms with E-state index in [1.807, 2.05) is 0 Å². The first-order valence-corrected chi connectivity index (χ1v) is 7.07. The van der Waals surface area contributed by atoms with Crippen LogP contribution in [0.25, 0.3) is 0 Å². The number of aliphatic carboxylic acids is 1. The van der Waals surface area contributed by atoms with Gasteiger partial charge in [0.15, 0.2) is 9.84 Å². The second kappa shape index (κ2) is 5.46. The van der Waals surface area contributed by atoms with Crippen LogP contribution in [0, 0.1) is 0 Å². The number of nitrogens with zero attached hydrogens (tertiary/aromatic N) is 1. The first-order valence-electron chi connectivity index (χ1n) is 5.25. The molecule has 1 fully saturated rings. The van der Waals surface area contributed by atoms with Crippen molar-refractivity contribution in [1.82, 2.24) is 4.90 Å². The summed E-state index contributed by atoms with van der Waals surface area (Å²) in [5.41, 5.74) is 4.99. The summed E-state index contributed by atoms with van der Waals surface area (Å²) >= 11 is 0. The molecule has 1 amide bonds. The van der Waals surface area contributed by atoms with Crippen LogP contribution >= 0.6 is 0 Å². The third-order valence-corrected chi connectivity index (χ3v) is 4.46. The third-order valence-electron chi connectivity index (χ3n) is 2.71. The van der Waals surface area contributed by atoms with E-state index in [0.717, 1.165) is 0 Å². The predicted octanol–water partition coefficient (Wildman–Crippen LogP) is -1.56. The minimum Gasteiger partial charge on any atom is -0.480 e. The molecule has 17 heavy (non-hydrogen) atoms. The van der Waals surface area contributed by atoms with Crippen LogP contribution in [0.5, 0.6) is 0 Å². The van der Waals surface area contributed by atoms with Gasteiger partial charge in [-0.3, -0.25) is 14.5 Å². The molecule has 1 heterocycles. The van der Waals surface area contributed by atoms with E-state index in [0.29, 0.717) is 6.42 Å². The fraction of sp³-hybridized carbons (Fsp3) is 0.778. The molecular weight excluding hydrogens is 248 g/mol. The molecule has 0 radical (unpaired) electrons. The average Bonchev–Trinajstić information content (AvgIpc) is 2.52. The maximum atomic E-state index is 11.3. The van der Waals surface area contributed by atoms with Crippen LogP contribution in [-0.4, -0.2) is 60.9 Å². The van der Waals surface area contributed by atoms with Crippen molar-refractivity contribution in [2.75, 3.05) is 24.6 Å². The van der Waals surface area contributed by atoms with Crippen molar-refractivity contribution in [3.05, 3.63) is 0 Å². The second-order valence-electron chi connectivity index (χ2n) is 4.14. The van der Waals surface area contributed by atoms with E-state index < -0.39 is 21.7 Å². The Morgan fingerprint density at radius 2 is 2.06 bits per heavy atom. The molecule has 1 unspecified atom stereocenters. The molecular formula is C9H16N2O5S. The summed E-state index contributed by atoms with van der Waals surface area (Å²) in [5.74, 6) is -1.54. The van der Waals surface area contributed by atoms with Gasteiger partial charge in [-0.1, -0.05) is 0 Å². The van der Waals surface area contributed by atoms with Gasteiger partial charge in [0.05, 0.1) is 18.1 Å². The van der Waals surface area contributed by atoms with E-state index in [4.69, 9.17) is 10.8 Å². The number of hydrogen-bond donors (Lipinski definition) is 2. The highest BCUT2D eigenvalue weighted by atomic mass is 32.2. The van der Waals surface area contributed by atoms with Gasteiger partial charge in [-0.25, -0.2) is 8.42 Å². The lowest BCUT2D eigenvalue weighted by Gasteiger charge is -2.25. The number of rotatable bonds is 6. The van der Waals surface area contributed by atoms with Crippen molar-refractivity contribution >= 4 is 21.7 Å². The summed E-state index contributed by atoms with van der Waals surface area (Å²) in [6.45, 7) is -0.0880. The number of amides is 1. The molecule has 98 valence electrons. The van der Waals surface area contributed by atoms with E-state index in [2.05, 4.69) is 0 Å². The Kier molecular flexibility index (Phi) is 4.47. The number of carboxylic acid groups (broad SMARTS) is 1. The molecule has 1 aliphatic heterocycles. The Labute approximate surface area is 99.5 Å². The smallest absolute Gasteiger partial charge is 0.317 e. The number of hydrogen-bond acceptors (Lipinski definition) is 5. The van der Waals surface area contributed by atoms with E-state index in [1.165, 1.54) is 4.90 Å². The van der Waals surface area contributed by atoms with Gasteiger partial charge in [-0.05, 0) is 6.42 Å². The van der Waals surface area contributed by atoms with Crippen molar-refractivity contribution in [3.63, 3.8) is 0 Å². The fourth-order valence-electron chi connectivity index (χ4n) is 1.88. The molecule has 1 rings (SSSR count). The van der Waals surface area contributed by atoms with Gasteiger partial charge in [0, 0.05) is 19.0 Å². The van der Waals surface area contributed by atoms with Crippen LogP contribution in [0.1, 0.15) is 12.8 Å². The Hall–Kier alpha value is -1.15. The maximum absolute atomic E-state index is 11.3. The number of carbonyl (C=O) groups excluding carboxylic acids is 1. The summed E-state index contributed by atoms with van der Waals surface area (Å²) in [6.07, 6.45) is 0.443. The molecule has 0 spiro atoms. The van der Waals surface area contributed by atoms with Gasteiger partial charge >= 0.3 is 5.97 Å². The number of primary amides is 1. The molecule has 1 aliphatic rings. The van der Waals surface area contributed by atoms with Crippen LogP contribution in [-0.2, 0) is 19.4 Å². The molecule has 0 aromatic rings. The highest BCUT2D eigenvalue weighted by Gasteiger charge is 2.32. The minimum atomic E-state index is -3.07.